The zero-order valence-electron chi connectivity index (χ0n) is 10.4. The zero-order chi connectivity index (χ0) is 11.7. The van der Waals surface area contributed by atoms with Crippen LogP contribution < -0.4 is 0 Å². The van der Waals surface area contributed by atoms with Crippen molar-refractivity contribution >= 4 is 0 Å². The van der Waals surface area contributed by atoms with Gasteiger partial charge in [-0.15, -0.1) is 0 Å². The molecule has 0 unspecified atom stereocenters. The first-order valence-electron chi connectivity index (χ1n) is 5.65. The molecule has 0 aromatic carbocycles. The van der Waals surface area contributed by atoms with Gasteiger partial charge in [-0.1, -0.05) is 39.2 Å². The average Bonchev–Trinajstić information content (AvgIpc) is 2.29. The van der Waals surface area contributed by atoms with Crippen LogP contribution in [0.5, 0.6) is 0 Å². The number of likely N-dealkylation sites (N-methyl/N-ethyl adjacent to an activating group) is 1. The molecule has 0 N–H and O–H groups in total. The second-order valence-corrected chi connectivity index (χ2v) is 3.38. The first kappa shape index (κ1) is 14.0. The summed E-state index contributed by atoms with van der Waals surface area (Å²) in [6.45, 7) is 16.1. The quantitative estimate of drug-likeness (QED) is 0.658. The summed E-state index contributed by atoms with van der Waals surface area (Å²) in [5.74, 6) is 0. The maximum atomic E-state index is 4.01. The number of rotatable bonds is 3. The highest BCUT2D eigenvalue weighted by atomic mass is 15.2. The van der Waals surface area contributed by atoms with Gasteiger partial charge in [0.25, 0.3) is 0 Å². The Morgan fingerprint density at radius 3 is 2.13 bits per heavy atom. The van der Waals surface area contributed by atoms with Gasteiger partial charge in [-0.25, -0.2) is 0 Å². The van der Waals surface area contributed by atoms with Crippen molar-refractivity contribution < 1.29 is 0 Å². The summed E-state index contributed by atoms with van der Waals surface area (Å²) in [7, 11) is 2.15. The van der Waals surface area contributed by atoms with E-state index in [1.165, 1.54) is 0 Å². The monoisotopic (exact) mass is 208 g/mol. The van der Waals surface area contributed by atoms with Gasteiger partial charge in [0.1, 0.15) is 0 Å². The van der Waals surface area contributed by atoms with E-state index in [2.05, 4.69) is 30.0 Å². The molecule has 1 aliphatic rings. The minimum absolute atomic E-state index is 1.08. The molecule has 1 fully saturated rings. The van der Waals surface area contributed by atoms with Gasteiger partial charge in [-0.05, 0) is 13.1 Å². The van der Waals surface area contributed by atoms with E-state index in [1.54, 1.807) is 6.08 Å². The first-order chi connectivity index (χ1) is 7.24. The van der Waals surface area contributed by atoms with Gasteiger partial charge in [-0.3, -0.25) is 0 Å². The molecule has 2 heteroatoms. The Morgan fingerprint density at radius 1 is 1.13 bits per heavy atom. The van der Waals surface area contributed by atoms with Crippen LogP contribution in [0.4, 0.5) is 0 Å². The van der Waals surface area contributed by atoms with Crippen LogP contribution in [0.3, 0.4) is 0 Å². The van der Waals surface area contributed by atoms with Crippen LogP contribution in [0.1, 0.15) is 13.8 Å². The van der Waals surface area contributed by atoms with Crippen LogP contribution in [0.25, 0.3) is 0 Å². The third-order valence-corrected chi connectivity index (χ3v) is 2.33. The summed E-state index contributed by atoms with van der Waals surface area (Å²) in [6.07, 6.45) is 5.72. The van der Waals surface area contributed by atoms with Crippen molar-refractivity contribution in [3.8, 4) is 0 Å². The molecule has 0 aromatic rings. The van der Waals surface area contributed by atoms with Crippen LogP contribution >= 0.6 is 0 Å². The Kier molecular flexibility index (Phi) is 7.74. The molecule has 86 valence electrons. The minimum Gasteiger partial charge on any atom is -0.369 e. The van der Waals surface area contributed by atoms with Crippen LogP contribution in [0, 0.1) is 0 Å². The molecule has 1 saturated heterocycles. The molecule has 0 aliphatic carbocycles. The number of hydrogen-bond acceptors (Lipinski definition) is 2. The maximum absolute atomic E-state index is 4.01. The van der Waals surface area contributed by atoms with Gasteiger partial charge in [-0.2, -0.15) is 0 Å². The van der Waals surface area contributed by atoms with E-state index in [9.17, 15) is 0 Å². The fourth-order valence-corrected chi connectivity index (χ4v) is 1.38. The molecule has 15 heavy (non-hydrogen) atoms. The fraction of sp³-hybridized carbons (Fsp3) is 0.538. The fourth-order valence-electron chi connectivity index (χ4n) is 1.38. The third-order valence-electron chi connectivity index (χ3n) is 2.33. The highest BCUT2D eigenvalue weighted by Crippen LogP contribution is 2.07. The van der Waals surface area contributed by atoms with Gasteiger partial charge in [0, 0.05) is 31.9 Å². The summed E-state index contributed by atoms with van der Waals surface area (Å²) in [5, 5.41) is 0. The Morgan fingerprint density at radius 2 is 1.67 bits per heavy atom. The van der Waals surface area contributed by atoms with E-state index in [1.807, 2.05) is 26.0 Å². The predicted molar refractivity (Wildman–Crippen MR) is 68.9 cm³/mol. The molecule has 0 radical (unpaired) electrons. The largest absolute Gasteiger partial charge is 0.369 e. The van der Waals surface area contributed by atoms with Crippen molar-refractivity contribution in [1.82, 2.24) is 9.80 Å². The second kappa shape index (κ2) is 8.30. The molecule has 0 saturated carbocycles. The van der Waals surface area contributed by atoms with Crippen molar-refractivity contribution in [2.24, 2.45) is 0 Å². The zero-order valence-corrected chi connectivity index (χ0v) is 10.4. The smallest absolute Gasteiger partial charge is 0.0306 e. The standard InChI is InChI=1S/C11H18N2.C2H6/c1-4-5-6-11(2)13-9-7-12(3)8-10-13;1-2/h4-6H,1-2,7-10H2,3H3;1-2H3/b6-5-;. The predicted octanol–water partition coefficient (Wildman–Crippen LogP) is 2.52. The van der Waals surface area contributed by atoms with Crippen LogP contribution in [0.15, 0.2) is 37.1 Å². The molecule has 1 heterocycles. The summed E-state index contributed by atoms with van der Waals surface area (Å²) in [4.78, 5) is 4.64. The van der Waals surface area contributed by atoms with Gasteiger partial charge >= 0.3 is 0 Å². The van der Waals surface area contributed by atoms with E-state index < -0.39 is 0 Å². The van der Waals surface area contributed by atoms with Crippen LogP contribution in [-0.4, -0.2) is 43.0 Å². The molecule has 2 nitrogen and oxygen atoms in total. The van der Waals surface area contributed by atoms with E-state index in [0.717, 1.165) is 31.9 Å². The third kappa shape index (κ3) is 5.43. The first-order valence-corrected chi connectivity index (χ1v) is 5.65. The second-order valence-electron chi connectivity index (χ2n) is 3.38. The lowest BCUT2D eigenvalue weighted by Crippen LogP contribution is -2.43. The van der Waals surface area contributed by atoms with E-state index in [-0.39, 0.29) is 0 Å². The lowest BCUT2D eigenvalue weighted by Gasteiger charge is -2.34. The molecule has 1 aliphatic heterocycles. The summed E-state index contributed by atoms with van der Waals surface area (Å²) in [5.41, 5.74) is 1.09. The SMILES string of the molecule is C=C/C=C\C(=C)N1CCN(C)CC1.CC. The van der Waals surface area contributed by atoms with Crippen molar-refractivity contribution in [3.63, 3.8) is 0 Å². The van der Waals surface area contributed by atoms with Gasteiger partial charge in [0.05, 0.1) is 0 Å². The molecular formula is C13H24N2. The Labute approximate surface area is 94.6 Å². The average molecular weight is 208 g/mol. The molecule has 0 spiro atoms. The number of allylic oxidation sites excluding steroid dienone is 3. The molecular weight excluding hydrogens is 184 g/mol. The number of piperazine rings is 1. The lowest BCUT2D eigenvalue weighted by atomic mass is 10.3. The summed E-state index contributed by atoms with van der Waals surface area (Å²) >= 11 is 0. The number of hydrogen-bond donors (Lipinski definition) is 0. The molecule has 1 rings (SSSR count). The minimum atomic E-state index is 1.08. The number of nitrogens with zero attached hydrogens (tertiary/aromatic N) is 2. The van der Waals surface area contributed by atoms with Crippen molar-refractivity contribution in [2.75, 3.05) is 33.2 Å². The summed E-state index contributed by atoms with van der Waals surface area (Å²) < 4.78 is 0. The van der Waals surface area contributed by atoms with Crippen molar-refractivity contribution in [3.05, 3.63) is 37.1 Å². The van der Waals surface area contributed by atoms with Crippen molar-refractivity contribution in [2.45, 2.75) is 13.8 Å². The molecule has 0 aromatic heterocycles. The maximum Gasteiger partial charge on any atom is 0.0306 e. The normalized spacial score (nSPS) is 17.1. The van der Waals surface area contributed by atoms with Gasteiger partial charge < -0.3 is 9.80 Å². The highest BCUT2D eigenvalue weighted by molar-refractivity contribution is 5.17. The lowest BCUT2D eigenvalue weighted by molar-refractivity contribution is 0.190. The van der Waals surface area contributed by atoms with Crippen LogP contribution in [0.2, 0.25) is 0 Å². The Balaban J connectivity index is 0.000000921. The molecule has 0 amide bonds. The van der Waals surface area contributed by atoms with E-state index in [0.29, 0.717) is 0 Å². The van der Waals surface area contributed by atoms with Gasteiger partial charge in [0.15, 0.2) is 0 Å². The summed E-state index contributed by atoms with van der Waals surface area (Å²) in [6, 6.07) is 0. The molecule has 0 atom stereocenters. The topological polar surface area (TPSA) is 6.48 Å². The highest BCUT2D eigenvalue weighted by Gasteiger charge is 2.12. The molecule has 0 bridgehead atoms. The van der Waals surface area contributed by atoms with Crippen LogP contribution in [-0.2, 0) is 0 Å². The van der Waals surface area contributed by atoms with E-state index in [4.69, 9.17) is 0 Å². The van der Waals surface area contributed by atoms with E-state index >= 15 is 0 Å². The Bertz CT molecular complexity index is 211. The van der Waals surface area contributed by atoms with Gasteiger partial charge in [0.2, 0.25) is 0 Å². The Hall–Kier alpha value is -1.02. The van der Waals surface area contributed by atoms with Crippen molar-refractivity contribution in [1.29, 1.82) is 0 Å².